The topological polar surface area (TPSA) is 30.3 Å². The van der Waals surface area contributed by atoms with Crippen LogP contribution in [0.2, 0.25) is 0 Å². The summed E-state index contributed by atoms with van der Waals surface area (Å²) in [5.41, 5.74) is 3.78. The predicted octanol–water partition coefficient (Wildman–Crippen LogP) is 2.74. The van der Waals surface area contributed by atoms with Crippen LogP contribution in [0, 0.1) is 0 Å². The summed E-state index contributed by atoms with van der Waals surface area (Å²) in [7, 11) is 2.03. The van der Waals surface area contributed by atoms with E-state index < -0.39 is 0 Å². The van der Waals surface area contributed by atoms with Crippen LogP contribution >= 0.6 is 11.3 Å². The lowest BCUT2D eigenvalue weighted by atomic mass is 10.1. The average molecular weight is 303 g/mol. The van der Waals surface area contributed by atoms with E-state index in [4.69, 9.17) is 4.74 Å². The van der Waals surface area contributed by atoms with Crippen LogP contribution in [0.25, 0.3) is 0 Å². The molecule has 3 heterocycles. The van der Waals surface area contributed by atoms with Crippen molar-refractivity contribution >= 4 is 11.3 Å². The zero-order valence-electron chi connectivity index (χ0n) is 12.4. The summed E-state index contributed by atoms with van der Waals surface area (Å²) in [5, 5.41) is 6.77. The van der Waals surface area contributed by atoms with Crippen molar-refractivity contribution in [2.24, 2.45) is 7.05 Å². The van der Waals surface area contributed by atoms with E-state index in [9.17, 15) is 0 Å². The fourth-order valence-corrected chi connectivity index (χ4v) is 3.58. The number of aryl methyl sites for hydroxylation is 1. The summed E-state index contributed by atoms with van der Waals surface area (Å²) in [6, 6.07) is 4.32. The van der Waals surface area contributed by atoms with Crippen molar-refractivity contribution in [3.63, 3.8) is 0 Å². The third-order valence-electron chi connectivity index (χ3n) is 3.84. The number of nitrogens with zero attached hydrogens (tertiary/aromatic N) is 3. The smallest absolute Gasteiger partial charge is 0.0929 e. The highest BCUT2D eigenvalue weighted by Crippen LogP contribution is 2.24. The number of rotatable bonds is 6. The van der Waals surface area contributed by atoms with E-state index in [1.54, 1.807) is 6.08 Å². The first-order valence-corrected chi connectivity index (χ1v) is 8.13. The number of aromatic nitrogens is 2. The van der Waals surface area contributed by atoms with Crippen LogP contribution in [0.4, 0.5) is 0 Å². The van der Waals surface area contributed by atoms with E-state index in [0.717, 1.165) is 31.7 Å². The summed E-state index contributed by atoms with van der Waals surface area (Å²) >= 11 is 1.83. The third kappa shape index (κ3) is 3.26. The largest absolute Gasteiger partial charge is 0.371 e. The summed E-state index contributed by atoms with van der Waals surface area (Å²) in [6.45, 7) is 7.91. The fraction of sp³-hybridized carbons (Fsp3) is 0.438. The molecular formula is C16H21N3OS. The first-order chi connectivity index (χ1) is 10.3. The Morgan fingerprint density at radius 3 is 3.19 bits per heavy atom. The minimum atomic E-state index is 0.571. The van der Waals surface area contributed by atoms with Crippen molar-refractivity contribution in [1.29, 1.82) is 0 Å². The first kappa shape index (κ1) is 14.5. The average Bonchev–Trinajstić information content (AvgIpc) is 3.09. The summed E-state index contributed by atoms with van der Waals surface area (Å²) < 4.78 is 7.60. The zero-order valence-corrected chi connectivity index (χ0v) is 13.2. The Hall–Kier alpha value is -1.43. The molecule has 0 saturated heterocycles. The maximum absolute atomic E-state index is 5.58. The van der Waals surface area contributed by atoms with Crippen LogP contribution in [-0.2, 0) is 37.9 Å². The van der Waals surface area contributed by atoms with Gasteiger partial charge in [-0.3, -0.25) is 9.58 Å². The first-order valence-electron chi connectivity index (χ1n) is 7.25. The molecule has 112 valence electrons. The number of fused-ring (bicyclic) bond motifs is 1. The van der Waals surface area contributed by atoms with Crippen molar-refractivity contribution in [1.82, 2.24) is 14.7 Å². The van der Waals surface area contributed by atoms with E-state index >= 15 is 0 Å². The van der Waals surface area contributed by atoms with E-state index in [2.05, 4.69) is 34.1 Å². The van der Waals surface area contributed by atoms with Gasteiger partial charge in [-0.05, 0) is 11.4 Å². The molecule has 0 amide bonds. The molecular weight excluding hydrogens is 282 g/mol. The minimum absolute atomic E-state index is 0.571. The maximum atomic E-state index is 5.58. The van der Waals surface area contributed by atoms with E-state index in [1.807, 2.05) is 23.1 Å². The second-order valence-corrected chi connectivity index (χ2v) is 6.37. The number of hydrogen-bond acceptors (Lipinski definition) is 4. The zero-order chi connectivity index (χ0) is 14.7. The standard InChI is InChI=1S/C16H21N3OS/c1-3-8-20-12-15-14-11-19(10-13-5-4-9-21-13)7-6-16(14)18(2)17-15/h3-5,9H,1,6-8,10-12H2,2H3. The second kappa shape index (κ2) is 6.56. The molecule has 0 atom stereocenters. The Morgan fingerprint density at radius 1 is 1.52 bits per heavy atom. The lowest BCUT2D eigenvalue weighted by Crippen LogP contribution is -2.30. The van der Waals surface area contributed by atoms with Crippen LogP contribution in [-0.4, -0.2) is 27.8 Å². The fourth-order valence-electron chi connectivity index (χ4n) is 2.84. The van der Waals surface area contributed by atoms with Gasteiger partial charge >= 0.3 is 0 Å². The molecule has 0 unspecified atom stereocenters. The molecule has 0 aromatic carbocycles. The van der Waals surface area contributed by atoms with Gasteiger partial charge in [0.1, 0.15) is 0 Å². The summed E-state index contributed by atoms with van der Waals surface area (Å²) in [6.07, 6.45) is 2.84. The second-order valence-electron chi connectivity index (χ2n) is 5.34. The normalized spacial score (nSPS) is 15.1. The van der Waals surface area contributed by atoms with Crippen molar-refractivity contribution in [3.05, 3.63) is 52.0 Å². The van der Waals surface area contributed by atoms with Gasteiger partial charge in [0.15, 0.2) is 0 Å². The van der Waals surface area contributed by atoms with E-state index in [-0.39, 0.29) is 0 Å². The number of hydrogen-bond donors (Lipinski definition) is 0. The summed E-state index contributed by atoms with van der Waals surface area (Å²) in [5.74, 6) is 0. The van der Waals surface area contributed by atoms with Crippen LogP contribution in [0.1, 0.15) is 21.8 Å². The Balaban J connectivity index is 1.72. The van der Waals surface area contributed by atoms with Gasteiger partial charge in [0, 0.05) is 49.2 Å². The molecule has 0 aliphatic carbocycles. The highest BCUT2D eigenvalue weighted by Gasteiger charge is 2.23. The maximum Gasteiger partial charge on any atom is 0.0929 e. The quantitative estimate of drug-likeness (QED) is 0.607. The van der Waals surface area contributed by atoms with Crippen LogP contribution < -0.4 is 0 Å². The van der Waals surface area contributed by atoms with Gasteiger partial charge in [-0.1, -0.05) is 12.1 Å². The van der Waals surface area contributed by atoms with Gasteiger partial charge in [0.2, 0.25) is 0 Å². The highest BCUT2D eigenvalue weighted by atomic mass is 32.1. The lowest BCUT2D eigenvalue weighted by Gasteiger charge is -2.27. The molecule has 2 aromatic heterocycles. The van der Waals surface area contributed by atoms with Crippen molar-refractivity contribution < 1.29 is 4.74 Å². The Kier molecular flexibility index (Phi) is 4.53. The molecule has 0 radical (unpaired) electrons. The molecule has 0 fully saturated rings. The molecule has 3 rings (SSSR count). The highest BCUT2D eigenvalue weighted by molar-refractivity contribution is 7.09. The lowest BCUT2D eigenvalue weighted by molar-refractivity contribution is 0.143. The number of ether oxygens (including phenoxy) is 1. The Labute approximate surface area is 129 Å². The van der Waals surface area contributed by atoms with Crippen molar-refractivity contribution in [2.45, 2.75) is 26.1 Å². The Bertz CT molecular complexity index is 603. The van der Waals surface area contributed by atoms with Gasteiger partial charge < -0.3 is 4.74 Å². The molecule has 4 nitrogen and oxygen atoms in total. The van der Waals surface area contributed by atoms with Crippen LogP contribution in [0.15, 0.2) is 30.2 Å². The summed E-state index contributed by atoms with van der Waals surface area (Å²) in [4.78, 5) is 3.92. The van der Waals surface area contributed by atoms with Gasteiger partial charge in [0.25, 0.3) is 0 Å². The molecule has 0 N–H and O–H groups in total. The van der Waals surface area contributed by atoms with Crippen molar-refractivity contribution in [2.75, 3.05) is 13.2 Å². The number of thiophene rings is 1. The SMILES string of the molecule is C=CCOCc1nn(C)c2c1CN(Cc1cccs1)CC2. The molecule has 0 saturated carbocycles. The molecule has 5 heteroatoms. The van der Waals surface area contributed by atoms with Crippen LogP contribution in [0.3, 0.4) is 0 Å². The molecule has 2 aromatic rings. The van der Waals surface area contributed by atoms with Gasteiger partial charge in [-0.15, -0.1) is 17.9 Å². The molecule has 0 bridgehead atoms. The van der Waals surface area contributed by atoms with Crippen LogP contribution in [0.5, 0.6) is 0 Å². The predicted molar refractivity (Wildman–Crippen MR) is 85.2 cm³/mol. The molecule has 21 heavy (non-hydrogen) atoms. The molecule has 0 spiro atoms. The monoisotopic (exact) mass is 303 g/mol. The van der Waals surface area contributed by atoms with Gasteiger partial charge in [0.05, 0.1) is 18.9 Å². The van der Waals surface area contributed by atoms with Gasteiger partial charge in [-0.25, -0.2) is 0 Å². The van der Waals surface area contributed by atoms with E-state index in [1.165, 1.54) is 16.1 Å². The minimum Gasteiger partial charge on any atom is -0.371 e. The molecule has 1 aliphatic heterocycles. The third-order valence-corrected chi connectivity index (χ3v) is 4.70. The van der Waals surface area contributed by atoms with Crippen molar-refractivity contribution in [3.8, 4) is 0 Å². The van der Waals surface area contributed by atoms with E-state index in [0.29, 0.717) is 13.2 Å². The van der Waals surface area contributed by atoms with Gasteiger partial charge in [-0.2, -0.15) is 5.10 Å². The Morgan fingerprint density at radius 2 is 2.43 bits per heavy atom. The molecule has 1 aliphatic rings.